The van der Waals surface area contributed by atoms with Crippen LogP contribution in [0.5, 0.6) is 5.75 Å². The van der Waals surface area contributed by atoms with E-state index in [4.69, 9.17) is 21.1 Å². The molecule has 2 aromatic heterocycles. The highest BCUT2D eigenvalue weighted by Gasteiger charge is 2.16. The number of halogens is 1. The molecular weight excluding hydrogens is 434 g/mol. The molecule has 0 aliphatic rings. The van der Waals surface area contributed by atoms with Crippen molar-refractivity contribution < 1.29 is 9.47 Å². The number of tetrazole rings is 1. The van der Waals surface area contributed by atoms with Crippen molar-refractivity contribution in [2.45, 2.75) is 33.8 Å². The summed E-state index contributed by atoms with van der Waals surface area (Å²) in [5.74, 6) is 0.959. The minimum Gasteiger partial charge on any atom is -0.496 e. The van der Waals surface area contributed by atoms with Gasteiger partial charge in [-0.3, -0.25) is 4.98 Å². The van der Waals surface area contributed by atoms with Crippen molar-refractivity contribution in [2.75, 3.05) is 7.11 Å². The SMILES string of the molecule is CC/C(=N\N=C(/C)c1cc(Cl)cc(C)n1)OCc1c(OC)cccc1-n1nnn(C)c1=O. The predicted octanol–water partition coefficient (Wildman–Crippen LogP) is 3.08. The lowest BCUT2D eigenvalue weighted by molar-refractivity contribution is 0.275. The van der Waals surface area contributed by atoms with E-state index in [1.54, 1.807) is 44.4 Å². The zero-order valence-corrected chi connectivity index (χ0v) is 19.3. The van der Waals surface area contributed by atoms with E-state index >= 15 is 0 Å². The van der Waals surface area contributed by atoms with Crippen LogP contribution in [0.2, 0.25) is 5.02 Å². The fourth-order valence-corrected chi connectivity index (χ4v) is 3.17. The topological polar surface area (TPSA) is 109 Å². The van der Waals surface area contributed by atoms with Gasteiger partial charge in [-0.15, -0.1) is 5.10 Å². The Kier molecular flexibility index (Phi) is 7.37. The Morgan fingerprint density at radius 2 is 2.00 bits per heavy atom. The van der Waals surface area contributed by atoms with E-state index in [0.717, 1.165) is 10.4 Å². The monoisotopic (exact) mass is 457 g/mol. The van der Waals surface area contributed by atoms with Crippen molar-refractivity contribution in [3.63, 3.8) is 0 Å². The molecule has 0 saturated carbocycles. The van der Waals surface area contributed by atoms with E-state index in [9.17, 15) is 4.79 Å². The zero-order chi connectivity index (χ0) is 23.3. The average molecular weight is 458 g/mol. The summed E-state index contributed by atoms with van der Waals surface area (Å²) < 4.78 is 13.7. The Labute approximate surface area is 190 Å². The molecule has 10 nitrogen and oxygen atoms in total. The van der Waals surface area contributed by atoms with Crippen LogP contribution < -0.4 is 10.4 Å². The second kappa shape index (κ2) is 10.2. The molecular formula is C21H24ClN7O3. The molecule has 0 bridgehead atoms. The number of aryl methyl sites for hydroxylation is 2. The van der Waals surface area contributed by atoms with Gasteiger partial charge in [-0.2, -0.15) is 14.5 Å². The smallest absolute Gasteiger partial charge is 0.368 e. The fourth-order valence-electron chi connectivity index (χ4n) is 2.90. The maximum Gasteiger partial charge on any atom is 0.368 e. The molecule has 0 atom stereocenters. The molecule has 3 aromatic rings. The third kappa shape index (κ3) is 5.20. The number of rotatable bonds is 7. The molecule has 1 aromatic carbocycles. The molecule has 0 unspecified atom stereocenters. The van der Waals surface area contributed by atoms with Gasteiger partial charge in [0.25, 0.3) is 0 Å². The maximum atomic E-state index is 12.3. The fraction of sp³-hybridized carbons (Fsp3) is 0.333. The molecule has 32 heavy (non-hydrogen) atoms. The minimum absolute atomic E-state index is 0.0954. The lowest BCUT2D eigenvalue weighted by Gasteiger charge is -2.14. The normalized spacial score (nSPS) is 12.2. The summed E-state index contributed by atoms with van der Waals surface area (Å²) in [5, 5.41) is 16.7. The lowest BCUT2D eigenvalue weighted by Crippen LogP contribution is -2.23. The first-order chi connectivity index (χ1) is 15.3. The van der Waals surface area contributed by atoms with Crippen LogP contribution >= 0.6 is 11.6 Å². The third-order valence-electron chi connectivity index (χ3n) is 4.56. The van der Waals surface area contributed by atoms with E-state index in [1.165, 1.54) is 11.7 Å². The van der Waals surface area contributed by atoms with Gasteiger partial charge in [0.2, 0.25) is 5.90 Å². The van der Waals surface area contributed by atoms with Crippen LogP contribution in [-0.4, -0.2) is 43.5 Å². The van der Waals surface area contributed by atoms with Gasteiger partial charge in [0.05, 0.1) is 29.8 Å². The Hall–Kier alpha value is -3.53. The number of nitrogens with zero attached hydrogens (tertiary/aromatic N) is 7. The lowest BCUT2D eigenvalue weighted by atomic mass is 10.1. The first kappa shape index (κ1) is 23.1. The number of ether oxygens (including phenoxy) is 2. The average Bonchev–Trinajstić information content (AvgIpc) is 3.11. The zero-order valence-electron chi connectivity index (χ0n) is 18.5. The molecule has 0 N–H and O–H groups in total. The molecule has 0 fully saturated rings. The highest BCUT2D eigenvalue weighted by molar-refractivity contribution is 6.31. The number of hydrogen-bond donors (Lipinski definition) is 0. The van der Waals surface area contributed by atoms with Gasteiger partial charge in [-0.1, -0.05) is 24.6 Å². The van der Waals surface area contributed by atoms with Crippen molar-refractivity contribution in [3.8, 4) is 11.4 Å². The summed E-state index contributed by atoms with van der Waals surface area (Å²) in [5.41, 5.74) is 2.80. The van der Waals surface area contributed by atoms with E-state index in [2.05, 4.69) is 25.6 Å². The number of methoxy groups -OCH3 is 1. The van der Waals surface area contributed by atoms with Crippen LogP contribution in [-0.2, 0) is 18.4 Å². The highest BCUT2D eigenvalue weighted by atomic mass is 35.5. The van der Waals surface area contributed by atoms with Crippen LogP contribution in [0.3, 0.4) is 0 Å². The molecule has 0 saturated heterocycles. The van der Waals surface area contributed by atoms with Crippen molar-refractivity contribution in [1.29, 1.82) is 0 Å². The second-order valence-corrected chi connectivity index (χ2v) is 7.32. The summed E-state index contributed by atoms with van der Waals surface area (Å²) in [6, 6.07) is 8.79. The minimum atomic E-state index is -0.381. The molecule has 0 aliphatic carbocycles. The van der Waals surface area contributed by atoms with Crippen molar-refractivity contribution in [1.82, 2.24) is 24.8 Å². The van der Waals surface area contributed by atoms with Gasteiger partial charge < -0.3 is 9.47 Å². The molecule has 168 valence electrons. The van der Waals surface area contributed by atoms with E-state index < -0.39 is 0 Å². The summed E-state index contributed by atoms with van der Waals surface area (Å²) in [6.07, 6.45) is 0.508. The molecule has 2 heterocycles. The summed E-state index contributed by atoms with van der Waals surface area (Å²) in [7, 11) is 3.07. The molecule has 0 radical (unpaired) electrons. The summed E-state index contributed by atoms with van der Waals surface area (Å²) >= 11 is 6.11. The number of pyridine rings is 1. The summed E-state index contributed by atoms with van der Waals surface area (Å²) in [4.78, 5) is 16.8. The second-order valence-electron chi connectivity index (χ2n) is 6.89. The first-order valence-corrected chi connectivity index (χ1v) is 10.3. The quantitative estimate of drug-likeness (QED) is 0.306. The van der Waals surface area contributed by atoms with Gasteiger partial charge in [-0.05, 0) is 48.5 Å². The van der Waals surface area contributed by atoms with Crippen LogP contribution in [0.4, 0.5) is 0 Å². The number of hydrogen-bond acceptors (Lipinski definition) is 8. The summed E-state index contributed by atoms with van der Waals surface area (Å²) in [6.45, 7) is 5.66. The standard InChI is InChI=1S/C21H24ClN7O3/c1-6-20(25-24-14(3)17-11-15(22)10-13(2)23-17)32-12-16-18(8-7-9-19(16)31-5)29-21(30)28(4)26-27-29/h7-11H,6,12H2,1-5H3/b24-14+,25-20+. The number of benzene rings is 1. The van der Waals surface area contributed by atoms with Gasteiger partial charge in [0.1, 0.15) is 12.4 Å². The van der Waals surface area contributed by atoms with Gasteiger partial charge >= 0.3 is 5.69 Å². The Morgan fingerprint density at radius 1 is 1.22 bits per heavy atom. The van der Waals surface area contributed by atoms with E-state index in [-0.39, 0.29) is 12.3 Å². The van der Waals surface area contributed by atoms with Gasteiger partial charge in [-0.25, -0.2) is 4.79 Å². The van der Waals surface area contributed by atoms with E-state index in [1.807, 2.05) is 13.8 Å². The maximum absolute atomic E-state index is 12.3. The van der Waals surface area contributed by atoms with Crippen LogP contribution in [0.25, 0.3) is 5.69 Å². The molecule has 0 amide bonds. The van der Waals surface area contributed by atoms with Gasteiger partial charge in [0, 0.05) is 24.2 Å². The van der Waals surface area contributed by atoms with Gasteiger partial charge in [0.15, 0.2) is 0 Å². The largest absolute Gasteiger partial charge is 0.496 e. The van der Waals surface area contributed by atoms with Crippen LogP contribution in [0.15, 0.2) is 45.3 Å². The predicted molar refractivity (Wildman–Crippen MR) is 122 cm³/mol. The Bertz CT molecular complexity index is 1210. The van der Waals surface area contributed by atoms with Crippen molar-refractivity contribution >= 4 is 23.2 Å². The molecule has 11 heteroatoms. The Morgan fingerprint density at radius 3 is 2.62 bits per heavy atom. The first-order valence-electron chi connectivity index (χ1n) is 9.87. The third-order valence-corrected chi connectivity index (χ3v) is 4.78. The Balaban J connectivity index is 1.87. The highest BCUT2D eigenvalue weighted by Crippen LogP contribution is 2.25. The molecule has 3 rings (SSSR count). The van der Waals surface area contributed by atoms with Crippen molar-refractivity contribution in [3.05, 3.63) is 62.8 Å². The van der Waals surface area contributed by atoms with E-state index in [0.29, 0.717) is 45.7 Å². The molecule has 0 spiro atoms. The van der Waals surface area contributed by atoms with Crippen LogP contribution in [0, 0.1) is 6.92 Å². The molecule has 0 aliphatic heterocycles. The van der Waals surface area contributed by atoms with Crippen molar-refractivity contribution in [2.24, 2.45) is 17.3 Å². The van der Waals surface area contributed by atoms with Crippen LogP contribution in [0.1, 0.15) is 37.2 Å². The number of aromatic nitrogens is 5.